The highest BCUT2D eigenvalue weighted by Crippen LogP contribution is 2.17. The van der Waals surface area contributed by atoms with E-state index >= 15 is 0 Å². The fraction of sp³-hybridized carbons (Fsp3) is 0.623. The molecule has 7 N–H and O–H groups in total. The summed E-state index contributed by atoms with van der Waals surface area (Å²) in [4.78, 5) is 118. The maximum Gasteiger partial charge on any atom is 0.408 e. The highest BCUT2D eigenvalue weighted by atomic mass is 16.6. The standard InChI is InChI=1S/C61H93N9O15/c1-58(2,3)82-50(72)33-32-45(55(78)84-60(7,8)9)66-56(79)65-44(54(77)83-59(4,5)6)30-23-24-34-70-39-43(68-69-70)40-81-35-25-15-13-14-22-31-49(71)63-47(37-42-28-20-17-21-29-42)52(74)64-46(36-41-26-18-16-19-27-41)51(73)62-38-48(53(75)76)67-57(80)85-61(10,11)12/h16-21,26-29,39,44-48H,13-15,22-25,30-38,40H2,1-12H3,(H,62,73)(H,63,71)(H,64,74)(H,67,80)(H,75,76)(H2,65,66,79)/t44?,45-,46-,47-,48-/m0/s1. The largest absolute Gasteiger partial charge is 0.480 e. The summed E-state index contributed by atoms with van der Waals surface area (Å²) in [6.07, 6.45) is 5.95. The molecule has 3 aromatic rings. The van der Waals surface area contributed by atoms with E-state index in [9.17, 15) is 48.3 Å². The van der Waals surface area contributed by atoms with Gasteiger partial charge in [-0.25, -0.2) is 24.0 Å². The number of aromatic nitrogens is 3. The molecule has 472 valence electrons. The van der Waals surface area contributed by atoms with Crippen molar-refractivity contribution in [3.63, 3.8) is 0 Å². The minimum Gasteiger partial charge on any atom is -0.480 e. The zero-order valence-corrected chi connectivity index (χ0v) is 51.8. The number of carbonyl (C=O) groups excluding carboxylic acids is 8. The van der Waals surface area contributed by atoms with Crippen LogP contribution in [0.3, 0.4) is 0 Å². The van der Waals surface area contributed by atoms with Crippen molar-refractivity contribution in [1.29, 1.82) is 0 Å². The van der Waals surface area contributed by atoms with Crippen molar-refractivity contribution >= 4 is 53.7 Å². The van der Waals surface area contributed by atoms with Crippen LogP contribution in [0.2, 0.25) is 0 Å². The van der Waals surface area contributed by atoms with Crippen molar-refractivity contribution < 1.29 is 71.9 Å². The van der Waals surface area contributed by atoms with Crippen molar-refractivity contribution in [2.75, 3.05) is 13.2 Å². The molecule has 2 aromatic carbocycles. The summed E-state index contributed by atoms with van der Waals surface area (Å²) in [6, 6.07) is 11.2. The van der Waals surface area contributed by atoms with Crippen molar-refractivity contribution in [3.8, 4) is 0 Å². The number of nitrogens with one attached hydrogen (secondary N) is 6. The third-order valence-electron chi connectivity index (χ3n) is 12.0. The van der Waals surface area contributed by atoms with Crippen LogP contribution in [0.5, 0.6) is 0 Å². The van der Waals surface area contributed by atoms with Gasteiger partial charge in [-0.2, -0.15) is 0 Å². The number of hydrogen-bond donors (Lipinski definition) is 7. The maximum absolute atomic E-state index is 14.0. The maximum atomic E-state index is 14.0. The Morgan fingerprint density at radius 3 is 1.59 bits per heavy atom. The van der Waals surface area contributed by atoms with Gasteiger partial charge in [-0.3, -0.25) is 23.9 Å². The number of alkyl carbamates (subject to hydrolysis) is 1. The van der Waals surface area contributed by atoms with Crippen LogP contribution in [0.15, 0.2) is 66.9 Å². The summed E-state index contributed by atoms with van der Waals surface area (Å²) in [5.74, 6) is -4.99. The molecule has 0 fully saturated rings. The van der Waals surface area contributed by atoms with E-state index in [0.29, 0.717) is 43.7 Å². The Hall–Kier alpha value is -7.63. The van der Waals surface area contributed by atoms with Gasteiger partial charge >= 0.3 is 36.0 Å². The molecule has 24 heteroatoms. The molecule has 1 heterocycles. The number of unbranched alkanes of at least 4 members (excludes halogenated alkanes) is 5. The third kappa shape index (κ3) is 32.3. The Labute approximate surface area is 500 Å². The summed E-state index contributed by atoms with van der Waals surface area (Å²) in [7, 11) is 0. The van der Waals surface area contributed by atoms with Gasteiger partial charge in [-0.15, -0.1) is 5.10 Å². The third-order valence-corrected chi connectivity index (χ3v) is 12.0. The van der Waals surface area contributed by atoms with E-state index in [2.05, 4.69) is 42.2 Å². The Balaban J connectivity index is 1.46. The van der Waals surface area contributed by atoms with E-state index in [0.717, 1.165) is 31.2 Å². The van der Waals surface area contributed by atoms with Crippen LogP contribution < -0.4 is 31.9 Å². The second-order valence-electron chi connectivity index (χ2n) is 24.8. The average molecular weight is 1190 g/mol. The number of benzene rings is 2. The number of hydrogen-bond acceptors (Lipinski definition) is 16. The monoisotopic (exact) mass is 1190 g/mol. The first-order valence-corrected chi connectivity index (χ1v) is 29.1. The minimum absolute atomic E-state index is 0.0501. The molecule has 0 aliphatic rings. The quantitative estimate of drug-likeness (QED) is 0.0186. The number of esters is 3. The van der Waals surface area contributed by atoms with Gasteiger partial charge in [-0.05, 0) is 133 Å². The van der Waals surface area contributed by atoms with E-state index in [-0.39, 0.29) is 51.0 Å². The number of carboxylic acids is 1. The fourth-order valence-electron chi connectivity index (χ4n) is 8.22. The number of ether oxygens (including phenoxy) is 5. The summed E-state index contributed by atoms with van der Waals surface area (Å²) < 4.78 is 29.2. The highest BCUT2D eigenvalue weighted by molar-refractivity contribution is 5.93. The number of aliphatic carboxylic acids is 1. The molecule has 0 spiro atoms. The van der Waals surface area contributed by atoms with Crippen LogP contribution in [-0.4, -0.2) is 140 Å². The van der Waals surface area contributed by atoms with Crippen LogP contribution in [-0.2, 0) is 83.2 Å². The van der Waals surface area contributed by atoms with Gasteiger partial charge in [-0.1, -0.05) is 85.1 Å². The average Bonchev–Trinajstić information content (AvgIpc) is 3.85. The fourth-order valence-corrected chi connectivity index (χ4v) is 8.22. The number of carbonyl (C=O) groups is 9. The van der Waals surface area contributed by atoms with Crippen molar-refractivity contribution in [2.24, 2.45) is 0 Å². The molecule has 0 aliphatic heterocycles. The number of nitrogens with zero attached hydrogens (tertiary/aromatic N) is 3. The molecule has 5 atom stereocenters. The number of carboxylic acid groups (broad SMARTS) is 1. The van der Waals surface area contributed by atoms with Crippen LogP contribution in [0.25, 0.3) is 0 Å². The van der Waals surface area contributed by atoms with Crippen LogP contribution in [0, 0.1) is 0 Å². The Kier molecular flexibility index (Phi) is 29.5. The molecular formula is C61H93N9O15. The molecule has 3 rings (SSSR count). The lowest BCUT2D eigenvalue weighted by atomic mass is 10.0. The van der Waals surface area contributed by atoms with Gasteiger partial charge in [0.15, 0.2) is 0 Å². The van der Waals surface area contributed by atoms with Gasteiger partial charge in [0, 0.05) is 45.4 Å². The Bertz CT molecular complexity index is 2610. The van der Waals surface area contributed by atoms with Crippen molar-refractivity contribution in [2.45, 2.75) is 232 Å². The molecule has 0 bridgehead atoms. The first-order chi connectivity index (χ1) is 39.7. The minimum atomic E-state index is -1.53. The second kappa shape index (κ2) is 35.0. The predicted molar refractivity (Wildman–Crippen MR) is 315 cm³/mol. The van der Waals surface area contributed by atoms with Crippen LogP contribution in [0.1, 0.15) is 171 Å². The molecular weight excluding hydrogens is 1100 g/mol. The van der Waals surface area contributed by atoms with Gasteiger partial charge in [0.25, 0.3) is 0 Å². The Morgan fingerprint density at radius 1 is 0.529 bits per heavy atom. The molecule has 1 aromatic heterocycles. The van der Waals surface area contributed by atoms with Gasteiger partial charge in [0.2, 0.25) is 17.7 Å². The van der Waals surface area contributed by atoms with Crippen molar-refractivity contribution in [1.82, 2.24) is 46.9 Å². The SMILES string of the molecule is CC(C)(C)OC(=O)CC[C@H](NC(=O)NC(CCCCn1cc(COCCCCCCCC(=O)N[C@@H](Cc2ccccc2)C(=O)N[C@@H](Cc2ccccc2)C(=O)NC[C@H](NC(=O)OC(C)(C)C)C(=O)O)nn1)C(=O)OC(C)(C)C)C(=O)OC(C)(C)C. The summed E-state index contributed by atoms with van der Waals surface area (Å²) >= 11 is 0. The molecule has 0 saturated carbocycles. The van der Waals surface area contributed by atoms with Gasteiger partial charge in [0.1, 0.15) is 58.3 Å². The molecule has 1 unspecified atom stereocenters. The zero-order valence-electron chi connectivity index (χ0n) is 51.8. The number of aryl methyl sites for hydroxylation is 1. The van der Waals surface area contributed by atoms with E-state index in [1.807, 2.05) is 30.3 Å². The molecule has 85 heavy (non-hydrogen) atoms. The van der Waals surface area contributed by atoms with Gasteiger partial charge < -0.3 is 60.7 Å². The number of rotatable bonds is 34. The lowest BCUT2D eigenvalue weighted by Gasteiger charge is -2.27. The predicted octanol–water partition coefficient (Wildman–Crippen LogP) is 6.70. The normalized spacial score (nSPS) is 13.6. The molecule has 24 nitrogen and oxygen atoms in total. The number of urea groups is 1. The highest BCUT2D eigenvalue weighted by Gasteiger charge is 2.33. The van der Waals surface area contributed by atoms with E-state index in [4.69, 9.17) is 23.7 Å². The topological polar surface area (TPSA) is 323 Å². The van der Waals surface area contributed by atoms with E-state index < -0.39 is 107 Å². The molecule has 0 radical (unpaired) electrons. The molecule has 6 amide bonds. The van der Waals surface area contributed by atoms with Gasteiger partial charge in [0.05, 0.1) is 12.8 Å². The summed E-state index contributed by atoms with van der Waals surface area (Å²) in [5.41, 5.74) is -1.21. The number of amides is 6. The van der Waals surface area contributed by atoms with Crippen LogP contribution >= 0.6 is 0 Å². The molecule has 0 saturated heterocycles. The summed E-state index contributed by atoms with van der Waals surface area (Å²) in [6.45, 7) is 20.9. The van der Waals surface area contributed by atoms with E-state index in [1.165, 1.54) is 0 Å². The smallest absolute Gasteiger partial charge is 0.408 e. The summed E-state index contributed by atoms with van der Waals surface area (Å²) in [5, 5.41) is 33.9. The second-order valence-corrected chi connectivity index (χ2v) is 24.8. The molecule has 0 aliphatic carbocycles. The lowest BCUT2D eigenvalue weighted by molar-refractivity contribution is -0.159. The lowest BCUT2D eigenvalue weighted by Crippen LogP contribution is -2.57. The Morgan fingerprint density at radius 2 is 1.05 bits per heavy atom. The first-order valence-electron chi connectivity index (χ1n) is 29.1. The first kappa shape index (κ1) is 71.6. The zero-order chi connectivity index (χ0) is 63.4. The van der Waals surface area contributed by atoms with Crippen molar-refractivity contribution in [3.05, 3.63) is 83.7 Å². The van der Waals surface area contributed by atoms with Crippen LogP contribution in [0.4, 0.5) is 9.59 Å². The van der Waals surface area contributed by atoms with E-state index in [1.54, 1.807) is 124 Å².